The van der Waals surface area contributed by atoms with Crippen LogP contribution >= 0.6 is 11.8 Å². The quantitative estimate of drug-likeness (QED) is 0.172. The third kappa shape index (κ3) is 11.6. The van der Waals surface area contributed by atoms with Crippen molar-refractivity contribution in [3.63, 3.8) is 0 Å². The summed E-state index contributed by atoms with van der Waals surface area (Å²) < 4.78 is 31.1. The summed E-state index contributed by atoms with van der Waals surface area (Å²) in [5.74, 6) is 0.516. The first kappa shape index (κ1) is 30.6. The van der Waals surface area contributed by atoms with Crippen molar-refractivity contribution < 1.29 is 27.9 Å². The lowest BCUT2D eigenvalue weighted by atomic mass is 9.94. The summed E-state index contributed by atoms with van der Waals surface area (Å²) in [6, 6.07) is 16.0. The van der Waals surface area contributed by atoms with Gasteiger partial charge < -0.3 is 10.8 Å². The smallest absolute Gasteiger partial charge is 0.386 e. The number of halogens is 3. The first-order valence-corrected chi connectivity index (χ1v) is 12.9. The average Bonchev–Trinajstić information content (AvgIpc) is 3.29. The van der Waals surface area contributed by atoms with Crippen LogP contribution in [0.15, 0.2) is 88.8 Å². The number of allylic oxidation sites excluding steroid dienone is 5. The summed E-state index contributed by atoms with van der Waals surface area (Å²) in [7, 11) is 0. The molecule has 0 atom stereocenters. The summed E-state index contributed by atoms with van der Waals surface area (Å²) in [5, 5.41) is 7.41. The van der Waals surface area contributed by atoms with E-state index in [1.807, 2.05) is 60.7 Å². The topological polar surface area (TPSA) is 92.8 Å². The van der Waals surface area contributed by atoms with Crippen molar-refractivity contribution in [2.75, 3.05) is 0 Å². The molecule has 0 spiro atoms. The molecule has 3 N–H and O–H groups in total. The molecule has 4 rings (SSSR count). The van der Waals surface area contributed by atoms with Crippen LogP contribution in [0, 0.1) is 5.92 Å². The van der Waals surface area contributed by atoms with Crippen molar-refractivity contribution in [1.82, 2.24) is 0 Å². The van der Waals surface area contributed by atoms with Crippen LogP contribution < -0.4 is 5.73 Å². The van der Waals surface area contributed by atoms with Gasteiger partial charge in [-0.1, -0.05) is 85.3 Å². The molecule has 0 radical (unpaired) electrons. The minimum absolute atomic E-state index is 0.188. The summed E-state index contributed by atoms with van der Waals surface area (Å²) in [6.45, 7) is -0.0625. The third-order valence-corrected chi connectivity index (χ3v) is 6.32. The van der Waals surface area contributed by atoms with Crippen molar-refractivity contribution >= 4 is 34.9 Å². The molecule has 0 unspecified atom stereocenters. The molecule has 0 bridgehead atoms. The number of Topliss-reactive ketones (excluding diaryl/α,β-unsaturated/α-hetero) is 1. The van der Waals surface area contributed by atoms with Crippen LogP contribution in [0.5, 0.6) is 0 Å². The van der Waals surface area contributed by atoms with Gasteiger partial charge in [-0.25, -0.2) is 4.99 Å². The van der Waals surface area contributed by atoms with Gasteiger partial charge in [-0.05, 0) is 48.6 Å². The molecule has 5 nitrogen and oxygen atoms in total. The van der Waals surface area contributed by atoms with Gasteiger partial charge in [-0.15, -0.1) is 0 Å². The highest BCUT2D eigenvalue weighted by atomic mass is 32.2. The molecule has 1 saturated carbocycles. The van der Waals surface area contributed by atoms with E-state index in [-0.39, 0.29) is 19.3 Å². The van der Waals surface area contributed by atoms with Gasteiger partial charge in [0.2, 0.25) is 0 Å². The molecule has 0 saturated heterocycles. The van der Waals surface area contributed by atoms with Crippen LogP contribution in [-0.4, -0.2) is 28.7 Å². The van der Waals surface area contributed by atoms with E-state index in [4.69, 9.17) is 15.6 Å². The second kappa shape index (κ2) is 15.6. The maximum Gasteiger partial charge on any atom is 0.386 e. The number of carbonyl (C=O) groups is 2. The van der Waals surface area contributed by atoms with E-state index >= 15 is 0 Å². The van der Waals surface area contributed by atoms with E-state index in [1.165, 1.54) is 24.6 Å². The van der Waals surface area contributed by atoms with Crippen molar-refractivity contribution in [1.29, 1.82) is 0 Å². The fourth-order valence-corrected chi connectivity index (χ4v) is 4.58. The number of carbonyl (C=O) groups excluding carboxylic acids is 1. The van der Waals surface area contributed by atoms with Crippen LogP contribution in [0.25, 0.3) is 11.1 Å². The molecular formula is C29H31F3N2O3S. The Morgan fingerprint density at radius 1 is 1.03 bits per heavy atom. The number of rotatable bonds is 5. The zero-order valence-electron chi connectivity index (χ0n) is 21.0. The fourth-order valence-electron chi connectivity index (χ4n) is 3.88. The zero-order valence-corrected chi connectivity index (χ0v) is 21.8. The number of hydrogen-bond acceptors (Lipinski definition) is 4. The number of amidine groups is 1. The van der Waals surface area contributed by atoms with Crippen molar-refractivity contribution in [3.8, 4) is 11.1 Å². The summed E-state index contributed by atoms with van der Waals surface area (Å²) in [4.78, 5) is 26.5. The Labute approximate surface area is 225 Å². The number of carboxylic acid groups (broad SMARTS) is 1. The number of nitrogens with two attached hydrogens (primary N) is 1. The van der Waals surface area contributed by atoms with Gasteiger partial charge in [0.15, 0.2) is 11.0 Å². The lowest BCUT2D eigenvalue weighted by molar-refractivity contribution is -0.122. The van der Waals surface area contributed by atoms with Gasteiger partial charge in [-0.2, -0.15) is 13.2 Å². The SMILES string of the molecule is CC(F)(F)F.NC(=Nc1ccc(-c2ccc(C(=O)C3CCCC3)cc2)cc1)SC1=CC=CCC=C1.O=CO. The van der Waals surface area contributed by atoms with Crippen LogP contribution in [0.2, 0.25) is 0 Å². The lowest BCUT2D eigenvalue weighted by Crippen LogP contribution is -2.10. The molecule has 1 fully saturated rings. The van der Waals surface area contributed by atoms with Crippen LogP contribution in [0.4, 0.5) is 18.9 Å². The molecule has 0 amide bonds. The normalized spacial score (nSPS) is 15.4. The molecule has 38 heavy (non-hydrogen) atoms. The molecule has 202 valence electrons. The largest absolute Gasteiger partial charge is 0.483 e. The number of aliphatic imine (C=N–C) groups is 1. The van der Waals surface area contributed by atoms with Crippen molar-refractivity contribution in [2.45, 2.75) is 45.2 Å². The Morgan fingerprint density at radius 2 is 1.55 bits per heavy atom. The van der Waals surface area contributed by atoms with E-state index < -0.39 is 6.18 Å². The Bertz CT molecular complexity index is 1160. The van der Waals surface area contributed by atoms with Gasteiger partial charge in [0, 0.05) is 23.3 Å². The number of thioether (sulfide) groups is 1. The first-order valence-electron chi connectivity index (χ1n) is 12.1. The average molecular weight is 545 g/mol. The highest BCUT2D eigenvalue weighted by Crippen LogP contribution is 2.30. The maximum atomic E-state index is 12.6. The molecule has 2 aliphatic rings. The molecule has 0 aliphatic heterocycles. The maximum absolute atomic E-state index is 12.6. The van der Waals surface area contributed by atoms with E-state index in [1.54, 1.807) is 0 Å². The number of alkyl halides is 3. The monoisotopic (exact) mass is 544 g/mol. The zero-order chi connectivity index (χ0) is 28.0. The molecule has 2 aliphatic carbocycles. The number of ketones is 1. The predicted octanol–water partition coefficient (Wildman–Crippen LogP) is 8.08. The lowest BCUT2D eigenvalue weighted by Gasteiger charge is -2.09. The van der Waals surface area contributed by atoms with Gasteiger partial charge in [0.1, 0.15) is 0 Å². The second-order valence-corrected chi connectivity index (χ2v) is 9.64. The van der Waals surface area contributed by atoms with Crippen LogP contribution in [-0.2, 0) is 4.79 Å². The van der Waals surface area contributed by atoms with Crippen LogP contribution in [0.3, 0.4) is 0 Å². The van der Waals surface area contributed by atoms with Gasteiger partial charge >= 0.3 is 6.18 Å². The number of hydrogen-bond donors (Lipinski definition) is 2. The van der Waals surface area contributed by atoms with Gasteiger partial charge in [0.25, 0.3) is 6.47 Å². The fraction of sp³-hybridized carbons (Fsp3) is 0.276. The van der Waals surface area contributed by atoms with E-state index in [0.29, 0.717) is 11.0 Å². The Hall–Kier alpha value is -3.59. The highest BCUT2D eigenvalue weighted by molar-refractivity contribution is 8.17. The Kier molecular flexibility index (Phi) is 12.6. The van der Waals surface area contributed by atoms with Crippen molar-refractivity contribution in [3.05, 3.63) is 89.4 Å². The molecule has 0 aromatic heterocycles. The standard InChI is InChI=1S/C26H26N2OS.C2H3F3.CH2O2/c27-26(30-24-9-3-1-2-4-10-24)28-23-17-15-20(16-18-23)19-11-13-22(14-12-19)25(29)21-7-5-6-8-21;1-2(3,4)5;2-1-3/h1,3-4,9-18,21H,2,5-8H2,(H2,27,28);1H3;1H,(H,2,3). The van der Waals surface area contributed by atoms with E-state index in [2.05, 4.69) is 23.2 Å². The first-order chi connectivity index (χ1) is 18.1. The third-order valence-electron chi connectivity index (χ3n) is 5.51. The summed E-state index contributed by atoms with van der Waals surface area (Å²) >= 11 is 1.46. The predicted molar refractivity (Wildman–Crippen MR) is 148 cm³/mol. The minimum atomic E-state index is -4.00. The van der Waals surface area contributed by atoms with Gasteiger partial charge in [-0.3, -0.25) is 9.59 Å². The second-order valence-electron chi connectivity index (χ2n) is 8.54. The number of nitrogens with zero attached hydrogens (tertiary/aromatic N) is 1. The molecular weight excluding hydrogens is 513 g/mol. The van der Waals surface area contributed by atoms with E-state index in [0.717, 1.165) is 46.5 Å². The van der Waals surface area contributed by atoms with E-state index in [9.17, 15) is 18.0 Å². The minimum Gasteiger partial charge on any atom is -0.483 e. The van der Waals surface area contributed by atoms with Gasteiger partial charge in [0.05, 0.1) is 5.69 Å². The molecule has 2 aromatic carbocycles. The van der Waals surface area contributed by atoms with Crippen LogP contribution in [0.1, 0.15) is 49.4 Å². The highest BCUT2D eigenvalue weighted by Gasteiger charge is 2.23. The summed E-state index contributed by atoms with van der Waals surface area (Å²) in [6.07, 6.45) is 11.7. The Morgan fingerprint density at radius 3 is 2.11 bits per heavy atom. The molecule has 9 heteroatoms. The van der Waals surface area contributed by atoms with Crippen molar-refractivity contribution in [2.24, 2.45) is 16.6 Å². The molecule has 0 heterocycles. The Balaban J connectivity index is 0.000000559. The molecule has 2 aromatic rings. The number of benzene rings is 2. The summed E-state index contributed by atoms with van der Waals surface area (Å²) in [5.41, 5.74) is 9.96.